The first-order valence-corrected chi connectivity index (χ1v) is 12.1. The minimum absolute atomic E-state index is 0.0327. The minimum Gasteiger partial charge on any atom is -0.496 e. The molecule has 1 heterocycles. The van der Waals surface area contributed by atoms with Gasteiger partial charge in [0.2, 0.25) is 15.9 Å². The van der Waals surface area contributed by atoms with Gasteiger partial charge in [0.25, 0.3) is 0 Å². The molecule has 1 saturated heterocycles. The summed E-state index contributed by atoms with van der Waals surface area (Å²) >= 11 is 5.97. The number of halogens is 2. The SMILES string of the molecule is COc1ccccc1C(C)NC(=O)C1CCN(S(=O)(=O)Cc2c(F)cccc2Cl)CC1. The summed E-state index contributed by atoms with van der Waals surface area (Å²) in [6.45, 7) is 2.29. The molecule has 1 amide bonds. The third-order valence-electron chi connectivity index (χ3n) is 5.57. The fourth-order valence-electron chi connectivity index (χ4n) is 3.77. The maximum absolute atomic E-state index is 14.0. The predicted molar refractivity (Wildman–Crippen MR) is 118 cm³/mol. The van der Waals surface area contributed by atoms with Crippen LogP contribution in [0.3, 0.4) is 0 Å². The van der Waals surface area contributed by atoms with E-state index >= 15 is 0 Å². The third kappa shape index (κ3) is 5.56. The Bertz CT molecular complexity index is 1020. The zero-order valence-corrected chi connectivity index (χ0v) is 19.0. The van der Waals surface area contributed by atoms with Crippen LogP contribution in [0.4, 0.5) is 4.39 Å². The van der Waals surface area contributed by atoms with Crippen LogP contribution < -0.4 is 10.1 Å². The van der Waals surface area contributed by atoms with E-state index in [0.29, 0.717) is 18.6 Å². The average Bonchev–Trinajstić information content (AvgIpc) is 2.76. The lowest BCUT2D eigenvalue weighted by Gasteiger charge is -2.31. The highest BCUT2D eigenvalue weighted by atomic mass is 35.5. The van der Waals surface area contributed by atoms with Crippen LogP contribution >= 0.6 is 11.6 Å². The second-order valence-electron chi connectivity index (χ2n) is 7.60. The Morgan fingerprint density at radius 3 is 2.55 bits per heavy atom. The second-order valence-corrected chi connectivity index (χ2v) is 9.98. The first kappa shape index (κ1) is 23.5. The van der Waals surface area contributed by atoms with E-state index in [4.69, 9.17) is 16.3 Å². The van der Waals surface area contributed by atoms with E-state index in [0.717, 1.165) is 5.56 Å². The van der Waals surface area contributed by atoms with Crippen LogP contribution in [0.1, 0.15) is 36.9 Å². The van der Waals surface area contributed by atoms with E-state index in [1.54, 1.807) is 7.11 Å². The van der Waals surface area contributed by atoms with Gasteiger partial charge in [-0.25, -0.2) is 17.1 Å². The van der Waals surface area contributed by atoms with Crippen molar-refractivity contribution in [3.63, 3.8) is 0 Å². The Hall–Kier alpha value is -2.16. The third-order valence-corrected chi connectivity index (χ3v) is 7.73. The summed E-state index contributed by atoms with van der Waals surface area (Å²) in [5, 5.41) is 3.08. The first-order chi connectivity index (χ1) is 14.7. The number of nitrogens with one attached hydrogen (secondary N) is 1. The van der Waals surface area contributed by atoms with Gasteiger partial charge in [-0.3, -0.25) is 4.79 Å². The summed E-state index contributed by atoms with van der Waals surface area (Å²) in [6, 6.07) is 11.3. The summed E-state index contributed by atoms with van der Waals surface area (Å²) in [7, 11) is -2.16. The number of hydrogen-bond acceptors (Lipinski definition) is 4. The number of carbonyl (C=O) groups is 1. The fraction of sp³-hybridized carbons (Fsp3) is 0.409. The molecule has 1 N–H and O–H groups in total. The van der Waals surface area contributed by atoms with Gasteiger partial charge in [-0.15, -0.1) is 0 Å². The highest BCUT2D eigenvalue weighted by Crippen LogP contribution is 2.28. The molecule has 168 valence electrons. The van der Waals surface area contributed by atoms with Gasteiger partial charge in [-0.2, -0.15) is 0 Å². The Morgan fingerprint density at radius 2 is 1.90 bits per heavy atom. The molecule has 1 fully saturated rings. The number of para-hydroxylation sites is 1. The lowest BCUT2D eigenvalue weighted by Crippen LogP contribution is -2.43. The minimum atomic E-state index is -3.74. The van der Waals surface area contributed by atoms with Gasteiger partial charge in [-0.1, -0.05) is 35.9 Å². The number of sulfonamides is 1. The lowest BCUT2D eigenvalue weighted by molar-refractivity contribution is -0.126. The number of carbonyl (C=O) groups excluding carboxylic acids is 1. The van der Waals surface area contributed by atoms with Crippen molar-refractivity contribution in [3.8, 4) is 5.75 Å². The summed E-state index contributed by atoms with van der Waals surface area (Å²) in [6.07, 6.45) is 0.795. The van der Waals surface area contributed by atoms with Crippen LogP contribution in [-0.2, 0) is 20.6 Å². The number of benzene rings is 2. The summed E-state index contributed by atoms with van der Waals surface area (Å²) in [5.41, 5.74) is 0.842. The van der Waals surface area contributed by atoms with Gasteiger partial charge < -0.3 is 10.1 Å². The van der Waals surface area contributed by atoms with Crippen molar-refractivity contribution in [2.75, 3.05) is 20.2 Å². The van der Waals surface area contributed by atoms with Crippen molar-refractivity contribution in [2.24, 2.45) is 5.92 Å². The van der Waals surface area contributed by atoms with Crippen molar-refractivity contribution in [1.82, 2.24) is 9.62 Å². The highest BCUT2D eigenvalue weighted by Gasteiger charge is 2.32. The fourth-order valence-corrected chi connectivity index (χ4v) is 5.69. The van der Waals surface area contributed by atoms with Crippen LogP contribution in [0, 0.1) is 11.7 Å². The number of piperidine rings is 1. The summed E-state index contributed by atoms with van der Waals surface area (Å²) < 4.78 is 46.2. The Balaban J connectivity index is 1.59. The second kappa shape index (κ2) is 9.97. The molecule has 1 atom stereocenters. The van der Waals surface area contributed by atoms with Gasteiger partial charge in [0.05, 0.1) is 18.9 Å². The van der Waals surface area contributed by atoms with E-state index in [9.17, 15) is 17.6 Å². The lowest BCUT2D eigenvalue weighted by atomic mass is 9.96. The predicted octanol–water partition coefficient (Wildman–Crippen LogP) is 3.91. The average molecular weight is 469 g/mol. The normalized spacial score (nSPS) is 16.6. The topological polar surface area (TPSA) is 75.7 Å². The summed E-state index contributed by atoms with van der Waals surface area (Å²) in [4.78, 5) is 12.7. The molecule has 0 radical (unpaired) electrons. The molecule has 6 nitrogen and oxygen atoms in total. The standard InChI is InChI=1S/C22H26ClFN2O4S/c1-15(17-6-3-4-9-21(17)30-2)25-22(27)16-10-12-26(13-11-16)31(28,29)14-18-19(23)7-5-8-20(18)24/h3-9,15-16H,10-14H2,1-2H3,(H,25,27). The molecule has 0 bridgehead atoms. The molecule has 1 aliphatic heterocycles. The summed E-state index contributed by atoms with van der Waals surface area (Å²) in [5.74, 6) is -0.854. The highest BCUT2D eigenvalue weighted by molar-refractivity contribution is 7.88. The molecular formula is C22H26ClFN2O4S. The maximum atomic E-state index is 14.0. The van der Waals surface area contributed by atoms with Crippen molar-refractivity contribution in [1.29, 1.82) is 0 Å². The number of hydrogen-bond donors (Lipinski definition) is 1. The Labute approximate surface area is 187 Å². The zero-order chi connectivity index (χ0) is 22.6. The number of amides is 1. The van der Waals surface area contributed by atoms with Crippen LogP contribution in [0.2, 0.25) is 5.02 Å². The molecule has 0 aliphatic carbocycles. The molecular weight excluding hydrogens is 443 g/mol. The molecule has 9 heteroatoms. The zero-order valence-electron chi connectivity index (χ0n) is 17.5. The smallest absolute Gasteiger partial charge is 0.223 e. The quantitative estimate of drug-likeness (QED) is 0.668. The number of rotatable bonds is 7. The van der Waals surface area contributed by atoms with Crippen molar-refractivity contribution >= 4 is 27.5 Å². The van der Waals surface area contributed by atoms with Gasteiger partial charge >= 0.3 is 0 Å². The molecule has 0 saturated carbocycles. The van der Waals surface area contributed by atoms with Gasteiger partial charge in [-0.05, 0) is 38.0 Å². The van der Waals surface area contributed by atoms with Crippen LogP contribution in [0.25, 0.3) is 0 Å². The Morgan fingerprint density at radius 1 is 1.23 bits per heavy atom. The van der Waals surface area contributed by atoms with E-state index in [-0.39, 0.29) is 41.5 Å². The van der Waals surface area contributed by atoms with E-state index in [1.165, 1.54) is 22.5 Å². The molecule has 1 aliphatic rings. The first-order valence-electron chi connectivity index (χ1n) is 10.1. The van der Waals surface area contributed by atoms with Gasteiger partial charge in [0.15, 0.2) is 0 Å². The molecule has 31 heavy (non-hydrogen) atoms. The van der Waals surface area contributed by atoms with E-state index in [2.05, 4.69) is 5.32 Å². The molecule has 1 unspecified atom stereocenters. The van der Waals surface area contributed by atoms with Crippen LogP contribution in [0.5, 0.6) is 5.75 Å². The molecule has 0 aromatic heterocycles. The number of methoxy groups -OCH3 is 1. The molecule has 0 spiro atoms. The van der Waals surface area contributed by atoms with Gasteiger partial charge in [0.1, 0.15) is 11.6 Å². The molecule has 2 aromatic rings. The van der Waals surface area contributed by atoms with Gasteiger partial charge in [0, 0.05) is 35.2 Å². The van der Waals surface area contributed by atoms with E-state index < -0.39 is 21.6 Å². The van der Waals surface area contributed by atoms with Crippen molar-refractivity contribution in [3.05, 3.63) is 64.4 Å². The number of nitrogens with zero attached hydrogens (tertiary/aromatic N) is 1. The molecule has 3 rings (SSSR count). The van der Waals surface area contributed by atoms with E-state index in [1.807, 2.05) is 31.2 Å². The van der Waals surface area contributed by atoms with Crippen LogP contribution in [0.15, 0.2) is 42.5 Å². The van der Waals surface area contributed by atoms with Crippen LogP contribution in [-0.4, -0.2) is 38.8 Å². The monoisotopic (exact) mass is 468 g/mol. The number of ether oxygens (including phenoxy) is 1. The Kier molecular flexibility index (Phi) is 7.56. The molecule has 2 aromatic carbocycles. The largest absolute Gasteiger partial charge is 0.496 e. The van der Waals surface area contributed by atoms with Crippen molar-refractivity contribution in [2.45, 2.75) is 31.6 Å². The van der Waals surface area contributed by atoms with Crippen molar-refractivity contribution < 1.29 is 22.3 Å². The maximum Gasteiger partial charge on any atom is 0.223 e.